The van der Waals surface area contributed by atoms with Crippen LogP contribution in [0.25, 0.3) is 61.5 Å². The smallest absolute Gasteiger partial charge is 0.0939 e. The minimum absolute atomic E-state index is 0.129. The molecular formula is C42H30N4. The number of nitrogens with one attached hydrogen (secondary N) is 2. The Morgan fingerprint density at radius 1 is 0.674 bits per heavy atom. The third-order valence-electron chi connectivity index (χ3n) is 9.13. The summed E-state index contributed by atoms with van der Waals surface area (Å²) in [6, 6.07) is 36.6. The lowest BCUT2D eigenvalue weighted by molar-refractivity contribution is 0.815. The molecule has 3 aliphatic rings. The number of aromatic nitrogens is 2. The van der Waals surface area contributed by atoms with Gasteiger partial charge < -0.3 is 10.6 Å². The van der Waals surface area contributed by atoms with Gasteiger partial charge in [-0.05, 0) is 63.7 Å². The highest BCUT2D eigenvalue weighted by Crippen LogP contribution is 2.38. The minimum Gasteiger partial charge on any atom is -0.379 e. The van der Waals surface area contributed by atoms with E-state index in [1.54, 1.807) is 0 Å². The molecule has 2 aromatic heterocycles. The van der Waals surface area contributed by atoms with Crippen molar-refractivity contribution < 1.29 is 0 Å². The quantitative estimate of drug-likeness (QED) is 0.215. The number of hydrogen-bond donors (Lipinski definition) is 2. The van der Waals surface area contributed by atoms with Crippen LogP contribution < -0.4 is 10.6 Å². The van der Waals surface area contributed by atoms with Gasteiger partial charge >= 0.3 is 0 Å². The molecule has 0 radical (unpaired) electrons. The van der Waals surface area contributed by atoms with E-state index in [1.807, 2.05) is 12.3 Å². The molecule has 1 atom stereocenters. The zero-order chi connectivity index (χ0) is 30.5. The van der Waals surface area contributed by atoms with Crippen LogP contribution in [0.1, 0.15) is 16.7 Å². The van der Waals surface area contributed by atoms with Crippen molar-refractivity contribution in [3.05, 3.63) is 168 Å². The van der Waals surface area contributed by atoms with Gasteiger partial charge in [0.2, 0.25) is 0 Å². The Kier molecular flexibility index (Phi) is 6.24. The Balaban J connectivity index is 1.02. The predicted molar refractivity (Wildman–Crippen MR) is 192 cm³/mol. The molecule has 0 amide bonds. The molecule has 2 N–H and O–H groups in total. The third-order valence-corrected chi connectivity index (χ3v) is 9.13. The maximum atomic E-state index is 5.12. The maximum Gasteiger partial charge on any atom is 0.0939 e. The van der Waals surface area contributed by atoms with Crippen molar-refractivity contribution in [3.8, 4) is 22.4 Å². The second kappa shape index (κ2) is 10.9. The Labute approximate surface area is 267 Å². The highest BCUT2D eigenvalue weighted by Gasteiger charge is 2.20. The fourth-order valence-corrected chi connectivity index (χ4v) is 6.74. The summed E-state index contributed by atoms with van der Waals surface area (Å²) in [4.78, 5) is 9.78. The summed E-state index contributed by atoms with van der Waals surface area (Å²) in [6.07, 6.45) is 17.4. The molecule has 2 aliphatic heterocycles. The van der Waals surface area contributed by atoms with Crippen LogP contribution in [-0.4, -0.2) is 22.6 Å². The molecule has 0 fully saturated rings. The van der Waals surface area contributed by atoms with Crippen LogP contribution in [0.5, 0.6) is 0 Å². The van der Waals surface area contributed by atoms with Crippen LogP contribution in [0.15, 0.2) is 151 Å². The second-order valence-electron chi connectivity index (χ2n) is 11.9. The first-order valence-electron chi connectivity index (χ1n) is 15.7. The molecule has 1 unspecified atom stereocenters. The zero-order valence-corrected chi connectivity index (χ0v) is 25.1. The molecule has 6 aromatic rings. The Morgan fingerprint density at radius 2 is 1.52 bits per heavy atom. The molecule has 46 heavy (non-hydrogen) atoms. The third kappa shape index (κ3) is 4.63. The van der Waals surface area contributed by atoms with Crippen LogP contribution in [0.3, 0.4) is 0 Å². The molecule has 218 valence electrons. The summed E-state index contributed by atoms with van der Waals surface area (Å²) >= 11 is 0. The number of rotatable bonds is 4. The molecule has 9 rings (SSSR count). The van der Waals surface area contributed by atoms with E-state index >= 15 is 0 Å². The average Bonchev–Trinajstić information content (AvgIpc) is 3.14. The van der Waals surface area contributed by atoms with E-state index in [-0.39, 0.29) is 6.04 Å². The van der Waals surface area contributed by atoms with Gasteiger partial charge in [0.25, 0.3) is 0 Å². The molecule has 0 saturated heterocycles. The van der Waals surface area contributed by atoms with Crippen molar-refractivity contribution in [2.24, 2.45) is 0 Å². The average molecular weight is 591 g/mol. The first-order chi connectivity index (χ1) is 22.8. The Morgan fingerprint density at radius 3 is 2.43 bits per heavy atom. The second-order valence-corrected chi connectivity index (χ2v) is 11.9. The van der Waals surface area contributed by atoms with E-state index in [2.05, 4.69) is 155 Å². The van der Waals surface area contributed by atoms with Gasteiger partial charge in [-0.2, -0.15) is 0 Å². The van der Waals surface area contributed by atoms with Crippen molar-refractivity contribution in [2.45, 2.75) is 6.04 Å². The van der Waals surface area contributed by atoms with Gasteiger partial charge in [0.15, 0.2) is 0 Å². The van der Waals surface area contributed by atoms with E-state index in [0.29, 0.717) is 0 Å². The summed E-state index contributed by atoms with van der Waals surface area (Å²) in [5.41, 5.74) is 14.7. The Hall–Kier alpha value is -6.00. The van der Waals surface area contributed by atoms with E-state index < -0.39 is 0 Å². The summed E-state index contributed by atoms with van der Waals surface area (Å²) in [5.74, 6) is 0. The predicted octanol–water partition coefficient (Wildman–Crippen LogP) is 9.45. The molecule has 0 spiro atoms. The number of anilines is 1. The van der Waals surface area contributed by atoms with Crippen LogP contribution in [0.2, 0.25) is 0 Å². The zero-order valence-electron chi connectivity index (χ0n) is 25.1. The fraction of sp³-hybridized carbons (Fsp3) is 0.0476. The standard InChI is InChI=1S/C42H30N4/c1-2-6-27(7-3-1)32-16-14-30-19-21-38(46-39(30)25-32)33-17-15-31-18-20-37(45-40(31)26-33)29-12-10-28(11-13-29)36-24-34-8-4-22-43-41(34)42-35(36)9-5-23-44-42/h1-22,24-26,39,44,46H,23H2. The van der Waals surface area contributed by atoms with Crippen molar-refractivity contribution in [1.82, 2.24) is 15.3 Å². The van der Waals surface area contributed by atoms with Crippen LogP contribution >= 0.6 is 0 Å². The molecule has 0 bridgehead atoms. The summed E-state index contributed by atoms with van der Waals surface area (Å²) < 4.78 is 0. The van der Waals surface area contributed by atoms with Gasteiger partial charge in [-0.25, -0.2) is 4.98 Å². The molecule has 4 heterocycles. The van der Waals surface area contributed by atoms with Gasteiger partial charge in [-0.3, -0.25) is 4.98 Å². The lowest BCUT2D eigenvalue weighted by Gasteiger charge is -2.27. The van der Waals surface area contributed by atoms with E-state index in [4.69, 9.17) is 4.98 Å². The molecule has 4 heteroatoms. The van der Waals surface area contributed by atoms with Crippen molar-refractivity contribution in [1.29, 1.82) is 0 Å². The molecule has 1 aliphatic carbocycles. The van der Waals surface area contributed by atoms with E-state index in [0.717, 1.165) is 56.6 Å². The molecule has 0 saturated carbocycles. The Bertz CT molecular complexity index is 2320. The van der Waals surface area contributed by atoms with E-state index in [1.165, 1.54) is 33.4 Å². The van der Waals surface area contributed by atoms with Gasteiger partial charge in [0.05, 0.1) is 28.5 Å². The highest BCUT2D eigenvalue weighted by molar-refractivity contribution is 6.02. The van der Waals surface area contributed by atoms with Gasteiger partial charge in [0.1, 0.15) is 0 Å². The fourth-order valence-electron chi connectivity index (χ4n) is 6.74. The van der Waals surface area contributed by atoms with Crippen LogP contribution in [-0.2, 0) is 0 Å². The van der Waals surface area contributed by atoms with E-state index in [9.17, 15) is 0 Å². The minimum atomic E-state index is 0.129. The van der Waals surface area contributed by atoms with Gasteiger partial charge in [-0.15, -0.1) is 0 Å². The van der Waals surface area contributed by atoms with Crippen LogP contribution in [0.4, 0.5) is 5.69 Å². The SMILES string of the molecule is C1=Cc2c(-c3ccc(-c4ccc5ccc(C6=CC=C7C=CC(c8ccccc8)=CC7N6)cc5n4)cc3)cc3cccnc3c2NC1. The summed E-state index contributed by atoms with van der Waals surface area (Å²) in [7, 11) is 0. The number of benzene rings is 4. The van der Waals surface area contributed by atoms with Crippen molar-refractivity contribution in [2.75, 3.05) is 11.9 Å². The molecule has 4 aromatic carbocycles. The number of hydrogen-bond acceptors (Lipinski definition) is 4. The normalized spacial score (nSPS) is 16.5. The summed E-state index contributed by atoms with van der Waals surface area (Å²) in [6.45, 7) is 0.811. The molecule has 4 nitrogen and oxygen atoms in total. The summed E-state index contributed by atoms with van der Waals surface area (Å²) in [5, 5.41) is 9.57. The first-order valence-corrected chi connectivity index (χ1v) is 15.7. The lowest BCUT2D eigenvalue weighted by Crippen LogP contribution is -2.30. The maximum absolute atomic E-state index is 5.12. The van der Waals surface area contributed by atoms with Gasteiger partial charge in [-0.1, -0.05) is 115 Å². The lowest BCUT2D eigenvalue weighted by atomic mass is 9.90. The van der Waals surface area contributed by atoms with Gasteiger partial charge in [0, 0.05) is 40.3 Å². The number of fused-ring (bicyclic) bond motifs is 5. The monoisotopic (exact) mass is 590 g/mol. The van der Waals surface area contributed by atoms with Crippen LogP contribution in [0, 0.1) is 0 Å². The number of nitrogens with zero attached hydrogens (tertiary/aromatic N) is 2. The number of dihydropyridines is 1. The van der Waals surface area contributed by atoms with Crippen molar-refractivity contribution >= 4 is 44.8 Å². The molecular weight excluding hydrogens is 560 g/mol. The number of allylic oxidation sites excluding steroid dienone is 4. The topological polar surface area (TPSA) is 49.8 Å². The number of pyridine rings is 2. The van der Waals surface area contributed by atoms with Crippen molar-refractivity contribution in [3.63, 3.8) is 0 Å². The largest absolute Gasteiger partial charge is 0.379 e. The first kappa shape index (κ1) is 26.4. The highest BCUT2D eigenvalue weighted by atomic mass is 14.9.